The SMILES string of the molecule is CCCCOc1nc(N)c2cc(C#N)n(Cc3ccc(CN4CCN(CCN5C(=O)CC(SCC(N)C(=O)O)C5=O)CC4)cc3)c2n1. The molecule has 2 atom stereocenters. The van der Waals surface area contributed by atoms with Gasteiger partial charge in [-0.1, -0.05) is 37.6 Å². The van der Waals surface area contributed by atoms with Gasteiger partial charge in [0.1, 0.15) is 23.6 Å². The largest absolute Gasteiger partial charge is 0.480 e. The lowest BCUT2D eigenvalue weighted by Crippen LogP contribution is -2.48. The summed E-state index contributed by atoms with van der Waals surface area (Å²) in [5.41, 5.74) is 15.0. The van der Waals surface area contributed by atoms with Crippen molar-refractivity contribution in [1.29, 1.82) is 5.26 Å². The van der Waals surface area contributed by atoms with Gasteiger partial charge in [-0.05, 0) is 23.6 Å². The van der Waals surface area contributed by atoms with Gasteiger partial charge in [0.2, 0.25) is 11.8 Å². The minimum absolute atomic E-state index is 0.0853. The van der Waals surface area contributed by atoms with Gasteiger partial charge < -0.3 is 25.9 Å². The number of likely N-dealkylation sites (tertiary alicyclic amines) is 1. The molecule has 5 N–H and O–H groups in total. The van der Waals surface area contributed by atoms with E-state index in [2.05, 4.69) is 57.0 Å². The molecule has 2 amide bonds. The Labute approximate surface area is 277 Å². The molecule has 2 aliphatic heterocycles. The molecule has 47 heavy (non-hydrogen) atoms. The number of benzene rings is 1. The standard InChI is InChI=1S/C32H41N9O5S/c1-2-3-14-46-32-36-28(35)24-15-23(17-33)41(29(24)37-32)19-22-6-4-21(5-7-22)18-39-10-8-38(9-11-39)12-13-40-27(42)16-26(30(40)43)47-20-25(34)31(44)45/h4-7,15,25-26H,2-3,8-14,16,18-20,34H2,1H3,(H,44,45)(H2,35,36,37). The molecule has 2 unspecified atom stereocenters. The van der Waals surface area contributed by atoms with E-state index in [0.29, 0.717) is 43.0 Å². The van der Waals surface area contributed by atoms with Crippen molar-refractivity contribution < 1.29 is 24.2 Å². The van der Waals surface area contributed by atoms with Gasteiger partial charge in [-0.3, -0.25) is 29.1 Å². The van der Waals surface area contributed by atoms with E-state index in [0.717, 1.165) is 62.9 Å². The number of unbranched alkanes of at least 4 members (excludes halogenated alkanes) is 1. The summed E-state index contributed by atoms with van der Waals surface area (Å²) in [6, 6.07) is 11.4. The summed E-state index contributed by atoms with van der Waals surface area (Å²) in [5.74, 6) is -1.22. The van der Waals surface area contributed by atoms with Gasteiger partial charge in [-0.25, -0.2) is 0 Å². The Hall–Kier alpha value is -4.23. The number of nitrogen functional groups attached to an aromatic ring is 1. The summed E-state index contributed by atoms with van der Waals surface area (Å²) in [6.07, 6.45) is 1.95. The average molecular weight is 664 g/mol. The van der Waals surface area contributed by atoms with E-state index < -0.39 is 17.3 Å². The first-order valence-electron chi connectivity index (χ1n) is 15.8. The number of imide groups is 1. The van der Waals surface area contributed by atoms with Crippen LogP contribution < -0.4 is 16.2 Å². The van der Waals surface area contributed by atoms with Crippen molar-refractivity contribution in [2.45, 2.75) is 50.6 Å². The second kappa shape index (κ2) is 15.6. The Balaban J connectivity index is 1.10. The van der Waals surface area contributed by atoms with Crippen molar-refractivity contribution in [3.05, 3.63) is 47.2 Å². The molecule has 2 fully saturated rings. The predicted molar refractivity (Wildman–Crippen MR) is 178 cm³/mol. The van der Waals surface area contributed by atoms with Crippen LogP contribution >= 0.6 is 11.8 Å². The van der Waals surface area contributed by atoms with E-state index in [-0.39, 0.29) is 35.8 Å². The van der Waals surface area contributed by atoms with E-state index in [1.165, 1.54) is 10.5 Å². The molecular formula is C32H41N9O5S. The molecule has 0 aliphatic carbocycles. The van der Waals surface area contributed by atoms with Crippen molar-refractivity contribution in [1.82, 2.24) is 29.2 Å². The smallest absolute Gasteiger partial charge is 0.321 e. The Morgan fingerprint density at radius 3 is 2.45 bits per heavy atom. The molecule has 4 heterocycles. The highest BCUT2D eigenvalue weighted by Crippen LogP contribution is 2.27. The number of carbonyl (C=O) groups excluding carboxylic acids is 2. The van der Waals surface area contributed by atoms with E-state index in [4.69, 9.17) is 21.3 Å². The summed E-state index contributed by atoms with van der Waals surface area (Å²) in [7, 11) is 0. The van der Waals surface area contributed by atoms with Crippen LogP contribution in [0, 0.1) is 11.3 Å². The van der Waals surface area contributed by atoms with E-state index >= 15 is 0 Å². The third-order valence-electron chi connectivity index (χ3n) is 8.48. The maximum atomic E-state index is 12.7. The van der Waals surface area contributed by atoms with Gasteiger partial charge in [-0.2, -0.15) is 15.2 Å². The zero-order valence-electron chi connectivity index (χ0n) is 26.5. The molecule has 0 bridgehead atoms. The van der Waals surface area contributed by atoms with Crippen molar-refractivity contribution >= 4 is 46.4 Å². The number of nitriles is 1. The van der Waals surface area contributed by atoms with Gasteiger partial charge >= 0.3 is 12.0 Å². The quantitative estimate of drug-likeness (QED) is 0.156. The molecule has 0 saturated carbocycles. The number of nitrogens with two attached hydrogens (primary N) is 2. The van der Waals surface area contributed by atoms with Crippen molar-refractivity contribution in [3.8, 4) is 12.1 Å². The van der Waals surface area contributed by atoms with Crippen LogP contribution in [0.25, 0.3) is 11.0 Å². The van der Waals surface area contributed by atoms with E-state index in [1.807, 2.05) is 4.57 Å². The fourth-order valence-corrected chi connectivity index (χ4v) is 6.78. The van der Waals surface area contributed by atoms with Crippen molar-refractivity contribution in [3.63, 3.8) is 0 Å². The maximum Gasteiger partial charge on any atom is 0.321 e. The average Bonchev–Trinajstić information content (AvgIpc) is 3.55. The number of piperazine rings is 1. The number of rotatable bonds is 15. The van der Waals surface area contributed by atoms with Gasteiger partial charge in [-0.15, -0.1) is 11.8 Å². The summed E-state index contributed by atoms with van der Waals surface area (Å²) < 4.78 is 7.53. The second-order valence-corrected chi connectivity index (χ2v) is 13.1. The molecule has 250 valence electrons. The monoisotopic (exact) mass is 663 g/mol. The van der Waals surface area contributed by atoms with Crippen LogP contribution in [0.3, 0.4) is 0 Å². The normalized spacial score (nSPS) is 18.1. The second-order valence-electron chi connectivity index (χ2n) is 11.8. The van der Waals surface area contributed by atoms with Crippen LogP contribution in [-0.2, 0) is 27.5 Å². The Morgan fingerprint density at radius 1 is 1.11 bits per heavy atom. The fourth-order valence-electron chi connectivity index (χ4n) is 5.66. The molecule has 2 aromatic heterocycles. The number of amides is 2. The molecule has 5 rings (SSSR count). The summed E-state index contributed by atoms with van der Waals surface area (Å²) >= 11 is 1.14. The number of ether oxygens (including phenoxy) is 1. The van der Waals surface area contributed by atoms with Crippen LogP contribution in [0.4, 0.5) is 5.82 Å². The summed E-state index contributed by atoms with van der Waals surface area (Å²) in [4.78, 5) is 50.9. The Morgan fingerprint density at radius 2 is 1.79 bits per heavy atom. The van der Waals surface area contributed by atoms with Gasteiger partial charge in [0.25, 0.3) is 0 Å². The number of carboxylic acid groups (broad SMARTS) is 1. The van der Waals surface area contributed by atoms with Gasteiger partial charge in [0.05, 0.1) is 23.8 Å². The highest BCUT2D eigenvalue weighted by molar-refractivity contribution is 8.00. The number of hydrogen-bond donors (Lipinski definition) is 3. The maximum absolute atomic E-state index is 12.7. The molecule has 0 radical (unpaired) electrons. The minimum Gasteiger partial charge on any atom is -0.480 e. The number of nitrogens with zero attached hydrogens (tertiary/aromatic N) is 7. The zero-order valence-corrected chi connectivity index (χ0v) is 27.3. The molecule has 0 spiro atoms. The first kappa shape index (κ1) is 34.1. The Kier molecular flexibility index (Phi) is 11.3. The lowest BCUT2D eigenvalue weighted by Gasteiger charge is -2.35. The number of carbonyl (C=O) groups is 3. The van der Waals surface area contributed by atoms with Crippen LogP contribution in [0.15, 0.2) is 30.3 Å². The van der Waals surface area contributed by atoms with Crippen LogP contribution in [-0.4, -0.2) is 115 Å². The lowest BCUT2D eigenvalue weighted by molar-refractivity contribution is -0.139. The van der Waals surface area contributed by atoms with Crippen molar-refractivity contribution in [2.75, 3.05) is 57.4 Å². The molecule has 14 nitrogen and oxygen atoms in total. The highest BCUT2D eigenvalue weighted by Gasteiger charge is 2.39. The number of anilines is 1. The number of carboxylic acids is 1. The fraction of sp³-hybridized carbons (Fsp3) is 0.500. The molecule has 2 saturated heterocycles. The number of thioether (sulfide) groups is 1. The lowest BCUT2D eigenvalue weighted by atomic mass is 10.1. The third-order valence-corrected chi connectivity index (χ3v) is 9.80. The summed E-state index contributed by atoms with van der Waals surface area (Å²) in [5, 5.41) is 18.8. The first-order valence-corrected chi connectivity index (χ1v) is 16.9. The van der Waals surface area contributed by atoms with E-state index in [9.17, 15) is 19.6 Å². The predicted octanol–water partition coefficient (Wildman–Crippen LogP) is 1.50. The Bertz CT molecular complexity index is 1630. The number of aliphatic carboxylic acids is 1. The molecular weight excluding hydrogens is 622 g/mol. The number of aromatic nitrogens is 3. The first-order chi connectivity index (χ1) is 22.7. The zero-order chi connectivity index (χ0) is 33.5. The van der Waals surface area contributed by atoms with Crippen LogP contribution in [0.2, 0.25) is 0 Å². The number of hydrogen-bond acceptors (Lipinski definition) is 12. The van der Waals surface area contributed by atoms with Crippen LogP contribution in [0.1, 0.15) is 43.0 Å². The van der Waals surface area contributed by atoms with Gasteiger partial charge in [0, 0.05) is 58.0 Å². The third kappa shape index (κ3) is 8.38. The number of fused-ring (bicyclic) bond motifs is 1. The topological polar surface area (TPSA) is 197 Å². The highest BCUT2D eigenvalue weighted by atomic mass is 32.2. The molecule has 1 aromatic carbocycles. The van der Waals surface area contributed by atoms with E-state index in [1.54, 1.807) is 6.07 Å². The molecule has 15 heteroatoms. The van der Waals surface area contributed by atoms with Gasteiger partial charge in [0.15, 0.2) is 5.65 Å². The molecule has 2 aliphatic rings. The van der Waals surface area contributed by atoms with Crippen molar-refractivity contribution in [2.24, 2.45) is 5.73 Å². The molecule has 3 aromatic rings. The van der Waals surface area contributed by atoms with Crippen LogP contribution in [0.5, 0.6) is 6.01 Å². The minimum atomic E-state index is -1.12. The summed E-state index contributed by atoms with van der Waals surface area (Å²) in [6.45, 7) is 8.14.